The van der Waals surface area contributed by atoms with Crippen LogP contribution >= 0.6 is 0 Å². The molecule has 0 saturated heterocycles. The standard InChI is InChI=1S/C18H26N4O3/c1-11(15(23)22-18(2,3)4)19-16(24)12-5-7-13(8-6-12)20-17(25)21-14-9-10-14/h5-8,11,14H,9-10H2,1-4H3,(H,19,24)(H,22,23)(H2,20,21,25)/t11-/m0/s1. The highest BCUT2D eigenvalue weighted by Crippen LogP contribution is 2.19. The van der Waals surface area contributed by atoms with Gasteiger partial charge in [-0.25, -0.2) is 4.79 Å². The molecule has 1 aliphatic carbocycles. The Morgan fingerprint density at radius 1 is 1.08 bits per heavy atom. The highest BCUT2D eigenvalue weighted by Gasteiger charge is 2.23. The molecule has 7 heteroatoms. The van der Waals surface area contributed by atoms with E-state index >= 15 is 0 Å². The fourth-order valence-corrected chi connectivity index (χ4v) is 2.11. The average Bonchev–Trinajstić information content (AvgIpc) is 3.29. The summed E-state index contributed by atoms with van der Waals surface area (Å²) in [5.41, 5.74) is 0.668. The monoisotopic (exact) mass is 346 g/mol. The van der Waals surface area contributed by atoms with Crippen LogP contribution in [0.1, 0.15) is 50.9 Å². The number of benzene rings is 1. The predicted molar refractivity (Wildman–Crippen MR) is 96.4 cm³/mol. The van der Waals surface area contributed by atoms with Crippen molar-refractivity contribution in [3.05, 3.63) is 29.8 Å². The Hall–Kier alpha value is -2.57. The first-order valence-electron chi connectivity index (χ1n) is 8.44. The van der Waals surface area contributed by atoms with Gasteiger partial charge in [0.2, 0.25) is 5.91 Å². The van der Waals surface area contributed by atoms with Crippen molar-refractivity contribution < 1.29 is 14.4 Å². The number of carbonyl (C=O) groups is 3. The molecule has 0 radical (unpaired) electrons. The molecule has 1 aromatic carbocycles. The third kappa shape index (κ3) is 6.45. The van der Waals surface area contributed by atoms with Crippen LogP contribution in [0, 0.1) is 0 Å². The van der Waals surface area contributed by atoms with Crippen LogP contribution in [0.2, 0.25) is 0 Å². The molecule has 25 heavy (non-hydrogen) atoms. The summed E-state index contributed by atoms with van der Waals surface area (Å²) < 4.78 is 0. The Labute approximate surface area is 147 Å². The molecule has 0 aliphatic heterocycles. The van der Waals surface area contributed by atoms with Crippen LogP contribution in [0.25, 0.3) is 0 Å². The molecule has 4 N–H and O–H groups in total. The third-order valence-electron chi connectivity index (χ3n) is 3.56. The molecule has 4 amide bonds. The third-order valence-corrected chi connectivity index (χ3v) is 3.56. The van der Waals surface area contributed by atoms with Gasteiger partial charge in [0, 0.05) is 22.8 Å². The summed E-state index contributed by atoms with van der Waals surface area (Å²) >= 11 is 0. The van der Waals surface area contributed by atoms with E-state index in [1.807, 2.05) is 20.8 Å². The second kappa shape index (κ2) is 7.55. The summed E-state index contributed by atoms with van der Waals surface area (Å²) in [6.07, 6.45) is 2.04. The Morgan fingerprint density at radius 3 is 2.20 bits per heavy atom. The fourth-order valence-electron chi connectivity index (χ4n) is 2.11. The Morgan fingerprint density at radius 2 is 1.68 bits per heavy atom. The molecule has 0 heterocycles. The van der Waals surface area contributed by atoms with Crippen LogP contribution < -0.4 is 21.3 Å². The highest BCUT2D eigenvalue weighted by atomic mass is 16.2. The van der Waals surface area contributed by atoms with E-state index in [0.717, 1.165) is 12.8 Å². The predicted octanol–water partition coefficient (Wildman–Crippen LogP) is 2.00. The molecular formula is C18H26N4O3. The lowest BCUT2D eigenvalue weighted by Gasteiger charge is -2.23. The molecule has 1 aromatic rings. The number of hydrogen-bond acceptors (Lipinski definition) is 3. The lowest BCUT2D eigenvalue weighted by atomic mass is 10.1. The van der Waals surface area contributed by atoms with Gasteiger partial charge in [-0.05, 0) is 64.8 Å². The van der Waals surface area contributed by atoms with Crippen molar-refractivity contribution in [3.8, 4) is 0 Å². The van der Waals surface area contributed by atoms with Crippen molar-refractivity contribution >= 4 is 23.5 Å². The second-order valence-corrected chi connectivity index (χ2v) is 7.38. The van der Waals surface area contributed by atoms with Crippen LogP contribution in [-0.4, -0.2) is 35.5 Å². The highest BCUT2D eigenvalue weighted by molar-refractivity contribution is 5.98. The summed E-state index contributed by atoms with van der Waals surface area (Å²) in [5.74, 6) is -0.582. The van der Waals surface area contributed by atoms with Gasteiger partial charge in [-0.1, -0.05) is 0 Å². The minimum Gasteiger partial charge on any atom is -0.350 e. The molecule has 0 bridgehead atoms. The van der Waals surface area contributed by atoms with Crippen molar-refractivity contribution in [1.29, 1.82) is 0 Å². The number of urea groups is 1. The van der Waals surface area contributed by atoms with Crippen LogP contribution in [0.5, 0.6) is 0 Å². The number of rotatable bonds is 5. The number of amides is 4. The van der Waals surface area contributed by atoms with Crippen LogP contribution in [0.3, 0.4) is 0 Å². The summed E-state index contributed by atoms with van der Waals surface area (Å²) in [5, 5.41) is 11.0. The minimum absolute atomic E-state index is 0.240. The van der Waals surface area contributed by atoms with Gasteiger partial charge in [-0.15, -0.1) is 0 Å². The van der Waals surface area contributed by atoms with Crippen molar-refractivity contribution in [3.63, 3.8) is 0 Å². The molecule has 1 saturated carbocycles. The molecule has 136 valence electrons. The van der Waals surface area contributed by atoms with Gasteiger partial charge in [-0.3, -0.25) is 9.59 Å². The first kappa shape index (κ1) is 18.8. The number of hydrogen-bond donors (Lipinski definition) is 4. The van der Waals surface area contributed by atoms with Gasteiger partial charge in [0.15, 0.2) is 0 Å². The van der Waals surface area contributed by atoms with Crippen molar-refractivity contribution in [2.45, 2.75) is 58.2 Å². The molecule has 1 fully saturated rings. The summed E-state index contributed by atoms with van der Waals surface area (Å²) in [6, 6.07) is 5.92. The van der Waals surface area contributed by atoms with Crippen LogP contribution in [0.15, 0.2) is 24.3 Å². The molecular weight excluding hydrogens is 320 g/mol. The van der Waals surface area contributed by atoms with E-state index in [2.05, 4.69) is 21.3 Å². The molecule has 0 aromatic heterocycles. The SMILES string of the molecule is C[C@H](NC(=O)c1ccc(NC(=O)NC2CC2)cc1)C(=O)NC(C)(C)C. The molecule has 2 rings (SSSR count). The van der Waals surface area contributed by atoms with Crippen molar-refractivity contribution in [2.24, 2.45) is 0 Å². The Bertz CT molecular complexity index is 645. The van der Waals surface area contributed by atoms with E-state index in [1.165, 1.54) is 0 Å². The lowest BCUT2D eigenvalue weighted by molar-refractivity contribution is -0.124. The molecule has 7 nitrogen and oxygen atoms in total. The maximum atomic E-state index is 12.2. The van der Waals surface area contributed by atoms with Gasteiger partial charge in [0.05, 0.1) is 0 Å². The molecule has 1 aliphatic rings. The largest absolute Gasteiger partial charge is 0.350 e. The first-order chi connectivity index (χ1) is 11.6. The zero-order chi connectivity index (χ0) is 18.6. The lowest BCUT2D eigenvalue weighted by Crippen LogP contribution is -2.50. The maximum Gasteiger partial charge on any atom is 0.319 e. The van der Waals surface area contributed by atoms with Gasteiger partial charge < -0.3 is 21.3 Å². The molecule has 0 unspecified atom stereocenters. The Balaban J connectivity index is 1.86. The minimum atomic E-state index is -0.645. The average molecular weight is 346 g/mol. The second-order valence-electron chi connectivity index (χ2n) is 7.38. The van der Waals surface area contributed by atoms with Crippen molar-refractivity contribution in [2.75, 3.05) is 5.32 Å². The van der Waals surface area contributed by atoms with Gasteiger partial charge in [0.25, 0.3) is 5.91 Å². The number of nitrogens with one attached hydrogen (secondary N) is 4. The van der Waals surface area contributed by atoms with E-state index in [0.29, 0.717) is 11.3 Å². The Kier molecular flexibility index (Phi) is 5.66. The molecule has 0 spiro atoms. The van der Waals surface area contributed by atoms with E-state index in [-0.39, 0.29) is 29.4 Å². The van der Waals surface area contributed by atoms with E-state index in [4.69, 9.17) is 0 Å². The zero-order valence-corrected chi connectivity index (χ0v) is 15.1. The summed E-state index contributed by atoms with van der Waals surface area (Å²) in [7, 11) is 0. The summed E-state index contributed by atoms with van der Waals surface area (Å²) in [4.78, 5) is 35.9. The summed E-state index contributed by atoms with van der Waals surface area (Å²) in [6.45, 7) is 7.27. The molecule has 1 atom stereocenters. The topological polar surface area (TPSA) is 99.3 Å². The number of carbonyl (C=O) groups excluding carboxylic acids is 3. The van der Waals surface area contributed by atoms with Crippen LogP contribution in [0.4, 0.5) is 10.5 Å². The maximum absolute atomic E-state index is 12.2. The van der Waals surface area contributed by atoms with E-state index < -0.39 is 6.04 Å². The smallest absolute Gasteiger partial charge is 0.319 e. The van der Waals surface area contributed by atoms with Gasteiger partial charge in [0.1, 0.15) is 6.04 Å². The normalized spacial score (nSPS) is 15.0. The van der Waals surface area contributed by atoms with Crippen LogP contribution in [-0.2, 0) is 4.79 Å². The van der Waals surface area contributed by atoms with Crippen molar-refractivity contribution in [1.82, 2.24) is 16.0 Å². The first-order valence-corrected chi connectivity index (χ1v) is 8.44. The van der Waals surface area contributed by atoms with E-state index in [1.54, 1.807) is 31.2 Å². The van der Waals surface area contributed by atoms with Gasteiger partial charge in [-0.2, -0.15) is 0 Å². The van der Waals surface area contributed by atoms with Gasteiger partial charge >= 0.3 is 6.03 Å². The fraction of sp³-hybridized carbons (Fsp3) is 0.500. The number of anilines is 1. The van der Waals surface area contributed by atoms with E-state index in [9.17, 15) is 14.4 Å². The zero-order valence-electron chi connectivity index (χ0n) is 15.1. The quantitative estimate of drug-likeness (QED) is 0.656.